The monoisotopic (exact) mass is 253 g/mol. The van der Waals surface area contributed by atoms with Crippen LogP contribution in [0.25, 0.3) is 0 Å². The highest BCUT2D eigenvalue weighted by atomic mass is 16.2. The lowest BCUT2D eigenvalue weighted by Crippen LogP contribution is -2.61. The number of hydrogen-bond acceptors (Lipinski definition) is 4. The Kier molecular flexibility index (Phi) is 3.65. The normalized spacial score (nSPS) is 32.6. The van der Waals surface area contributed by atoms with Crippen LogP contribution < -0.4 is 10.6 Å². The van der Waals surface area contributed by atoms with Crippen molar-refractivity contribution in [1.82, 2.24) is 15.5 Å². The molecule has 0 aromatic carbocycles. The van der Waals surface area contributed by atoms with Crippen molar-refractivity contribution in [3.05, 3.63) is 0 Å². The molecule has 100 valence electrons. The van der Waals surface area contributed by atoms with Gasteiger partial charge in [0.2, 0.25) is 17.7 Å². The van der Waals surface area contributed by atoms with Crippen molar-refractivity contribution >= 4 is 17.7 Å². The second kappa shape index (κ2) is 5.06. The van der Waals surface area contributed by atoms with E-state index < -0.39 is 11.9 Å². The van der Waals surface area contributed by atoms with E-state index in [9.17, 15) is 14.4 Å². The quantitative estimate of drug-likeness (QED) is 0.635. The highest BCUT2D eigenvalue weighted by molar-refractivity contribution is 6.04. The third kappa shape index (κ3) is 2.25. The summed E-state index contributed by atoms with van der Waals surface area (Å²) in [4.78, 5) is 37.0. The van der Waals surface area contributed by atoms with E-state index >= 15 is 0 Å². The molecule has 2 aliphatic rings. The third-order valence-corrected chi connectivity index (χ3v) is 3.77. The number of nitrogens with one attached hydrogen (secondary N) is 2. The number of carbonyl (C=O) groups excluding carboxylic acids is 3. The summed E-state index contributed by atoms with van der Waals surface area (Å²) in [7, 11) is 0. The average Bonchev–Trinajstić information content (AvgIpc) is 2.73. The Balaban J connectivity index is 2.15. The maximum absolute atomic E-state index is 12.4. The maximum Gasteiger partial charge on any atom is 0.249 e. The molecule has 0 aliphatic carbocycles. The number of imide groups is 1. The van der Waals surface area contributed by atoms with Gasteiger partial charge in [-0.15, -0.1) is 0 Å². The van der Waals surface area contributed by atoms with Gasteiger partial charge in [-0.25, -0.2) is 0 Å². The number of amides is 3. The van der Waals surface area contributed by atoms with Crippen molar-refractivity contribution < 1.29 is 14.4 Å². The minimum absolute atomic E-state index is 0.00764. The molecular formula is C12H19N3O3. The van der Waals surface area contributed by atoms with Crippen LogP contribution in [0.4, 0.5) is 0 Å². The first-order valence-corrected chi connectivity index (χ1v) is 6.42. The minimum Gasteiger partial charge on any atom is -0.321 e. The topological polar surface area (TPSA) is 78.5 Å². The number of piperazine rings is 1. The molecule has 0 saturated carbocycles. The van der Waals surface area contributed by atoms with Gasteiger partial charge >= 0.3 is 0 Å². The number of rotatable bonds is 2. The van der Waals surface area contributed by atoms with E-state index in [4.69, 9.17) is 0 Å². The summed E-state index contributed by atoms with van der Waals surface area (Å²) in [6.45, 7) is 4.60. The van der Waals surface area contributed by atoms with Gasteiger partial charge in [-0.05, 0) is 26.3 Å². The van der Waals surface area contributed by atoms with Crippen LogP contribution in [0, 0.1) is 5.92 Å². The zero-order valence-corrected chi connectivity index (χ0v) is 10.7. The lowest BCUT2D eigenvalue weighted by molar-refractivity contribution is -0.152. The van der Waals surface area contributed by atoms with E-state index in [1.54, 1.807) is 0 Å². The molecule has 0 aromatic heterocycles. The van der Waals surface area contributed by atoms with Gasteiger partial charge in [0.25, 0.3) is 0 Å². The first-order valence-electron chi connectivity index (χ1n) is 6.42. The highest BCUT2D eigenvalue weighted by Crippen LogP contribution is 2.21. The van der Waals surface area contributed by atoms with Crippen molar-refractivity contribution in [2.75, 3.05) is 13.1 Å². The lowest BCUT2D eigenvalue weighted by atomic mass is 9.98. The zero-order valence-electron chi connectivity index (χ0n) is 10.7. The van der Waals surface area contributed by atoms with Crippen LogP contribution in [0.15, 0.2) is 0 Å². The van der Waals surface area contributed by atoms with Gasteiger partial charge < -0.3 is 10.2 Å². The molecule has 3 amide bonds. The second-order valence-electron chi connectivity index (χ2n) is 4.94. The highest BCUT2D eigenvalue weighted by Gasteiger charge is 2.40. The summed E-state index contributed by atoms with van der Waals surface area (Å²) in [5.41, 5.74) is 0. The third-order valence-electron chi connectivity index (χ3n) is 3.77. The Labute approximate surface area is 106 Å². The Hall–Kier alpha value is -1.43. The van der Waals surface area contributed by atoms with Gasteiger partial charge in [-0.3, -0.25) is 19.7 Å². The Morgan fingerprint density at radius 2 is 2.17 bits per heavy atom. The van der Waals surface area contributed by atoms with Crippen molar-refractivity contribution in [3.8, 4) is 0 Å². The maximum atomic E-state index is 12.4. The first kappa shape index (κ1) is 13.0. The Morgan fingerprint density at radius 1 is 1.44 bits per heavy atom. The standard InChI is InChI=1S/C12H19N3O3/c1-3-9-11(17)14-10(16)6-15(9)12(18)8-4-5-13-7(8)2/h7-9,13H,3-6H2,1-2H3,(H,14,16,17). The molecule has 2 rings (SSSR count). The second-order valence-corrected chi connectivity index (χ2v) is 4.94. The van der Waals surface area contributed by atoms with Crippen LogP contribution in [0.2, 0.25) is 0 Å². The van der Waals surface area contributed by atoms with Crippen molar-refractivity contribution in [3.63, 3.8) is 0 Å². The van der Waals surface area contributed by atoms with Crippen LogP contribution >= 0.6 is 0 Å². The van der Waals surface area contributed by atoms with Crippen LogP contribution in [-0.2, 0) is 14.4 Å². The zero-order chi connectivity index (χ0) is 13.3. The van der Waals surface area contributed by atoms with Crippen molar-refractivity contribution in [2.24, 2.45) is 5.92 Å². The molecule has 3 atom stereocenters. The molecule has 2 N–H and O–H groups in total. The predicted molar refractivity (Wildman–Crippen MR) is 64.5 cm³/mol. The van der Waals surface area contributed by atoms with Gasteiger partial charge in [-0.2, -0.15) is 0 Å². The van der Waals surface area contributed by atoms with E-state index in [1.807, 2.05) is 13.8 Å². The molecular weight excluding hydrogens is 234 g/mol. The van der Waals surface area contributed by atoms with E-state index in [-0.39, 0.29) is 30.3 Å². The average molecular weight is 253 g/mol. The number of carbonyl (C=O) groups is 3. The van der Waals surface area contributed by atoms with Crippen LogP contribution in [0.3, 0.4) is 0 Å². The first-order chi connectivity index (χ1) is 8.54. The summed E-state index contributed by atoms with van der Waals surface area (Å²) in [5.74, 6) is -0.960. The molecule has 2 heterocycles. The molecule has 0 spiro atoms. The fourth-order valence-electron chi connectivity index (χ4n) is 2.71. The van der Waals surface area contributed by atoms with E-state index in [0.29, 0.717) is 6.42 Å². The van der Waals surface area contributed by atoms with Crippen LogP contribution in [0.1, 0.15) is 26.7 Å². The van der Waals surface area contributed by atoms with Gasteiger partial charge in [-0.1, -0.05) is 6.92 Å². The fraction of sp³-hybridized carbons (Fsp3) is 0.750. The van der Waals surface area contributed by atoms with E-state index in [2.05, 4.69) is 10.6 Å². The Morgan fingerprint density at radius 3 is 2.72 bits per heavy atom. The summed E-state index contributed by atoms with van der Waals surface area (Å²) in [6.07, 6.45) is 1.29. The van der Waals surface area contributed by atoms with Gasteiger partial charge in [0, 0.05) is 6.04 Å². The molecule has 6 nitrogen and oxygen atoms in total. The summed E-state index contributed by atoms with van der Waals surface area (Å²) in [6, 6.07) is -0.405. The SMILES string of the molecule is CCC1C(=O)NC(=O)CN1C(=O)C1CCNC1C. The number of nitrogens with zero attached hydrogens (tertiary/aromatic N) is 1. The largest absolute Gasteiger partial charge is 0.321 e. The summed E-state index contributed by atoms with van der Waals surface area (Å²) < 4.78 is 0. The molecule has 0 aromatic rings. The Bertz CT molecular complexity index is 383. The molecule has 6 heteroatoms. The molecule has 0 radical (unpaired) electrons. The van der Waals surface area contributed by atoms with Gasteiger partial charge in [0.05, 0.1) is 5.92 Å². The van der Waals surface area contributed by atoms with Crippen molar-refractivity contribution in [2.45, 2.75) is 38.8 Å². The summed E-state index contributed by atoms with van der Waals surface area (Å²) in [5, 5.41) is 5.49. The van der Waals surface area contributed by atoms with Crippen molar-refractivity contribution in [1.29, 1.82) is 0 Å². The van der Waals surface area contributed by atoms with E-state index in [0.717, 1.165) is 13.0 Å². The lowest BCUT2D eigenvalue weighted by Gasteiger charge is -2.35. The fourth-order valence-corrected chi connectivity index (χ4v) is 2.71. The van der Waals surface area contributed by atoms with Crippen LogP contribution in [0.5, 0.6) is 0 Å². The predicted octanol–water partition coefficient (Wildman–Crippen LogP) is -0.752. The molecule has 2 saturated heterocycles. The molecule has 2 aliphatic heterocycles. The van der Waals surface area contributed by atoms with Gasteiger partial charge in [0.15, 0.2) is 0 Å². The van der Waals surface area contributed by atoms with E-state index in [1.165, 1.54) is 4.90 Å². The molecule has 0 bridgehead atoms. The minimum atomic E-state index is -0.511. The smallest absolute Gasteiger partial charge is 0.249 e. The molecule has 3 unspecified atom stereocenters. The molecule has 2 fully saturated rings. The summed E-state index contributed by atoms with van der Waals surface area (Å²) >= 11 is 0. The molecule has 18 heavy (non-hydrogen) atoms. The van der Waals surface area contributed by atoms with Gasteiger partial charge in [0.1, 0.15) is 12.6 Å². The van der Waals surface area contributed by atoms with Crippen LogP contribution in [-0.4, -0.2) is 47.8 Å². The number of hydrogen-bond donors (Lipinski definition) is 2.